The lowest BCUT2D eigenvalue weighted by atomic mass is 10.1. The quantitative estimate of drug-likeness (QED) is 0.347. The van der Waals surface area contributed by atoms with Gasteiger partial charge in [0.05, 0.1) is 10.7 Å². The van der Waals surface area contributed by atoms with Gasteiger partial charge >= 0.3 is 5.97 Å². The number of aliphatic carboxylic acids is 1. The number of nitrogens with one attached hydrogen (secondary N) is 1. The molecule has 2 rings (SSSR count). The van der Waals surface area contributed by atoms with E-state index < -0.39 is 18.5 Å². The zero-order chi connectivity index (χ0) is 20.7. The number of para-hydroxylation sites is 1. The maximum atomic E-state index is 12.5. The third-order valence-electron chi connectivity index (χ3n) is 3.66. The zero-order valence-electron chi connectivity index (χ0n) is 15.2. The molecular weight excluding hydrogens is 475 g/mol. The van der Waals surface area contributed by atoms with Crippen LogP contribution in [0.15, 0.2) is 42.0 Å². The number of amides is 1. The molecule has 0 saturated heterocycles. The smallest absolute Gasteiger partial charge is 0.341 e. The van der Waals surface area contributed by atoms with E-state index in [2.05, 4.69) is 5.32 Å². The molecule has 0 aliphatic carbocycles. The topological polar surface area (TPSA) is 109 Å². The summed E-state index contributed by atoms with van der Waals surface area (Å²) in [5.74, 6) is -1.06. The third-order valence-corrected chi connectivity index (χ3v) is 4.46. The molecule has 0 radical (unpaired) electrons. The summed E-state index contributed by atoms with van der Waals surface area (Å²) in [6, 6.07) is 12.4. The maximum Gasteiger partial charge on any atom is 0.341 e. The summed E-state index contributed by atoms with van der Waals surface area (Å²) in [6.45, 7) is 1.35. The highest BCUT2D eigenvalue weighted by Crippen LogP contribution is 2.34. The van der Waals surface area contributed by atoms with E-state index in [1.54, 1.807) is 24.3 Å². The van der Waals surface area contributed by atoms with Crippen LogP contribution in [0.3, 0.4) is 0 Å². The second-order valence-corrected chi connectivity index (χ2v) is 6.82. The van der Waals surface area contributed by atoms with Crippen LogP contribution in [0, 0.1) is 21.8 Å². The molecule has 0 aliphatic rings. The molecule has 0 fully saturated rings. The van der Waals surface area contributed by atoms with E-state index in [-0.39, 0.29) is 11.3 Å². The number of carboxylic acids is 1. The molecule has 2 aromatic carbocycles. The lowest BCUT2D eigenvalue weighted by molar-refractivity contribution is -0.139. The fraction of sp³-hybridized carbons (Fsp3) is 0.150. The van der Waals surface area contributed by atoms with Crippen LogP contribution in [0.1, 0.15) is 11.1 Å². The van der Waals surface area contributed by atoms with E-state index >= 15 is 0 Å². The van der Waals surface area contributed by atoms with Gasteiger partial charge in [0.2, 0.25) is 0 Å². The molecule has 2 aromatic rings. The molecule has 0 aromatic heterocycles. The van der Waals surface area contributed by atoms with Crippen molar-refractivity contribution in [2.24, 2.45) is 0 Å². The van der Waals surface area contributed by atoms with Gasteiger partial charge in [0, 0.05) is 5.69 Å². The normalized spacial score (nSPS) is 10.7. The highest BCUT2D eigenvalue weighted by atomic mass is 127. The van der Waals surface area contributed by atoms with Gasteiger partial charge in [0.15, 0.2) is 18.1 Å². The molecule has 0 spiro atoms. The Morgan fingerprint density at radius 2 is 2.04 bits per heavy atom. The fourth-order valence-electron chi connectivity index (χ4n) is 2.32. The number of anilines is 1. The van der Waals surface area contributed by atoms with Crippen molar-refractivity contribution in [2.45, 2.75) is 6.92 Å². The number of hydrogen-bond acceptors (Lipinski definition) is 5. The average Bonchev–Trinajstić information content (AvgIpc) is 2.66. The Bertz CT molecular complexity index is 979. The lowest BCUT2D eigenvalue weighted by Crippen LogP contribution is -2.14. The predicted molar refractivity (Wildman–Crippen MR) is 112 cm³/mol. The number of hydrogen-bond donors (Lipinski definition) is 2. The summed E-state index contributed by atoms with van der Waals surface area (Å²) in [5, 5.41) is 20.9. The van der Waals surface area contributed by atoms with Gasteiger partial charge in [-0.1, -0.05) is 18.2 Å². The van der Waals surface area contributed by atoms with Crippen molar-refractivity contribution in [1.29, 1.82) is 5.26 Å². The number of methoxy groups -OCH3 is 1. The summed E-state index contributed by atoms with van der Waals surface area (Å²) in [7, 11) is 1.42. The molecule has 0 saturated carbocycles. The number of halogens is 1. The predicted octanol–water partition coefficient (Wildman–Crippen LogP) is 3.62. The summed E-state index contributed by atoms with van der Waals surface area (Å²) in [5.41, 5.74) is 1.96. The Balaban J connectivity index is 2.32. The number of carbonyl (C=O) groups is 2. The molecule has 7 nitrogen and oxygen atoms in total. The molecule has 0 bridgehead atoms. The number of rotatable bonds is 7. The van der Waals surface area contributed by atoms with Gasteiger partial charge in [-0.3, -0.25) is 4.79 Å². The molecule has 2 N–H and O–H groups in total. The van der Waals surface area contributed by atoms with Crippen LogP contribution in [0.4, 0.5) is 5.69 Å². The summed E-state index contributed by atoms with van der Waals surface area (Å²) >= 11 is 1.97. The molecule has 0 atom stereocenters. The van der Waals surface area contributed by atoms with Gasteiger partial charge in [-0.2, -0.15) is 5.26 Å². The minimum absolute atomic E-state index is 0.0830. The number of carbonyl (C=O) groups excluding carboxylic acids is 1. The highest BCUT2D eigenvalue weighted by molar-refractivity contribution is 14.1. The summed E-state index contributed by atoms with van der Waals surface area (Å²) < 4.78 is 11.1. The lowest BCUT2D eigenvalue weighted by Gasteiger charge is -2.12. The summed E-state index contributed by atoms with van der Waals surface area (Å²) in [4.78, 5) is 23.2. The number of aryl methyl sites for hydroxylation is 1. The molecule has 1 amide bonds. The van der Waals surface area contributed by atoms with Crippen LogP contribution >= 0.6 is 22.6 Å². The molecule has 8 heteroatoms. The zero-order valence-corrected chi connectivity index (χ0v) is 17.3. The van der Waals surface area contributed by atoms with E-state index in [9.17, 15) is 14.9 Å². The molecule has 0 heterocycles. The molecule has 0 aliphatic heterocycles. The second-order valence-electron chi connectivity index (χ2n) is 5.66. The number of carboxylic acid groups (broad SMARTS) is 1. The minimum Gasteiger partial charge on any atom is -0.493 e. The molecule has 28 heavy (non-hydrogen) atoms. The molecular formula is C20H17IN2O5. The summed E-state index contributed by atoms with van der Waals surface area (Å²) in [6.07, 6.45) is 1.43. The van der Waals surface area contributed by atoms with Crippen LogP contribution in [0.2, 0.25) is 0 Å². The second kappa shape index (κ2) is 9.75. The highest BCUT2D eigenvalue weighted by Gasteiger charge is 2.15. The van der Waals surface area contributed by atoms with Crippen LogP contribution in [-0.4, -0.2) is 30.7 Å². The SMILES string of the molecule is COc1cc(/C=C(\C#N)C(=O)Nc2ccccc2C)cc(I)c1OCC(=O)O. The number of ether oxygens (including phenoxy) is 2. The van der Waals surface area contributed by atoms with Crippen molar-refractivity contribution < 1.29 is 24.2 Å². The average molecular weight is 492 g/mol. The van der Waals surface area contributed by atoms with Crippen molar-refractivity contribution in [3.8, 4) is 17.6 Å². The van der Waals surface area contributed by atoms with Gasteiger partial charge < -0.3 is 19.9 Å². The van der Waals surface area contributed by atoms with E-state index in [1.165, 1.54) is 13.2 Å². The van der Waals surface area contributed by atoms with Gasteiger partial charge in [0.1, 0.15) is 11.6 Å². The van der Waals surface area contributed by atoms with Crippen molar-refractivity contribution in [3.63, 3.8) is 0 Å². The Hall–Kier alpha value is -3.06. The van der Waals surface area contributed by atoms with Crippen molar-refractivity contribution in [2.75, 3.05) is 19.0 Å². The first-order valence-corrected chi connectivity index (χ1v) is 9.14. The van der Waals surface area contributed by atoms with Gasteiger partial charge in [-0.15, -0.1) is 0 Å². The van der Waals surface area contributed by atoms with Crippen molar-refractivity contribution in [1.82, 2.24) is 0 Å². The fourth-order valence-corrected chi connectivity index (χ4v) is 3.10. The minimum atomic E-state index is -1.11. The largest absolute Gasteiger partial charge is 0.493 e. The first kappa shape index (κ1) is 21.2. The van der Waals surface area contributed by atoms with Crippen LogP contribution < -0.4 is 14.8 Å². The van der Waals surface area contributed by atoms with Gasteiger partial charge in [0.25, 0.3) is 5.91 Å². The first-order chi connectivity index (χ1) is 13.3. The van der Waals surface area contributed by atoms with E-state index in [1.807, 2.05) is 47.7 Å². The number of nitriles is 1. The monoisotopic (exact) mass is 492 g/mol. The van der Waals surface area contributed by atoms with E-state index in [0.717, 1.165) is 5.56 Å². The standard InChI is InChI=1S/C20H17IN2O5/c1-12-5-3-4-6-16(12)23-20(26)14(10-22)7-13-8-15(21)19(17(9-13)27-2)28-11-18(24)25/h3-9H,11H2,1-2H3,(H,23,26)(H,24,25)/b14-7+. The maximum absolute atomic E-state index is 12.5. The van der Waals surface area contributed by atoms with Crippen LogP contribution in [0.25, 0.3) is 6.08 Å². The van der Waals surface area contributed by atoms with Crippen molar-refractivity contribution >= 4 is 46.2 Å². The van der Waals surface area contributed by atoms with E-state index in [0.29, 0.717) is 20.6 Å². The van der Waals surface area contributed by atoms with Crippen LogP contribution in [0.5, 0.6) is 11.5 Å². The number of benzene rings is 2. The molecule has 0 unspecified atom stereocenters. The molecule has 144 valence electrons. The first-order valence-electron chi connectivity index (χ1n) is 8.06. The number of nitrogens with zero attached hydrogens (tertiary/aromatic N) is 1. The van der Waals surface area contributed by atoms with Crippen molar-refractivity contribution in [3.05, 3.63) is 56.7 Å². The Labute approximate surface area is 175 Å². The Kier molecular flexibility index (Phi) is 7.40. The van der Waals surface area contributed by atoms with Crippen LogP contribution in [-0.2, 0) is 9.59 Å². The van der Waals surface area contributed by atoms with Gasteiger partial charge in [-0.05, 0) is 64.9 Å². The third kappa shape index (κ3) is 5.47. The van der Waals surface area contributed by atoms with E-state index in [4.69, 9.17) is 14.6 Å². The van der Waals surface area contributed by atoms with Gasteiger partial charge in [-0.25, -0.2) is 4.79 Å². The Morgan fingerprint density at radius 3 is 2.64 bits per heavy atom. The Morgan fingerprint density at radius 1 is 1.32 bits per heavy atom.